The van der Waals surface area contributed by atoms with E-state index in [-0.39, 0.29) is 17.6 Å². The van der Waals surface area contributed by atoms with Gasteiger partial charge in [0.05, 0.1) is 6.61 Å². The lowest BCUT2D eigenvalue weighted by molar-refractivity contribution is -0.121. The zero-order chi connectivity index (χ0) is 19.1. The minimum absolute atomic E-state index is 0.126. The lowest BCUT2D eigenvalue weighted by Crippen LogP contribution is -2.37. The van der Waals surface area contributed by atoms with Gasteiger partial charge in [-0.2, -0.15) is 0 Å². The van der Waals surface area contributed by atoms with Crippen molar-refractivity contribution >= 4 is 39.7 Å². The van der Waals surface area contributed by atoms with Crippen LogP contribution in [0.4, 0.5) is 5.69 Å². The average Bonchev–Trinajstić information content (AvgIpc) is 2.68. The van der Waals surface area contributed by atoms with E-state index in [1.807, 2.05) is 73.7 Å². The molecule has 0 fully saturated rings. The van der Waals surface area contributed by atoms with Crippen LogP contribution in [0.3, 0.4) is 0 Å². The first kappa shape index (κ1) is 18.7. The highest BCUT2D eigenvalue weighted by molar-refractivity contribution is 7.80. The summed E-state index contributed by atoms with van der Waals surface area (Å²) in [5.41, 5.74) is 0.763. The molecular formula is C21H20N2O3S. The van der Waals surface area contributed by atoms with Gasteiger partial charge in [-0.05, 0) is 54.9 Å². The Kier molecular flexibility index (Phi) is 6.22. The molecule has 3 rings (SSSR count). The van der Waals surface area contributed by atoms with Crippen LogP contribution in [-0.4, -0.2) is 24.2 Å². The molecule has 3 aromatic rings. The standard InChI is InChI=1S/C21H20N2O3S/c1-2-25-17-12-10-16(11-13-17)22-21(27)23-20(24)14-26-19-9-5-7-15-6-3-4-8-18(15)19/h3-13H,2,14H2,1H3,(H2,22,23,24,27). The number of fused-ring (bicyclic) bond motifs is 1. The molecule has 138 valence electrons. The Bertz CT molecular complexity index is 936. The summed E-state index contributed by atoms with van der Waals surface area (Å²) in [4.78, 5) is 12.1. The van der Waals surface area contributed by atoms with E-state index >= 15 is 0 Å². The number of anilines is 1. The van der Waals surface area contributed by atoms with Crippen LogP contribution >= 0.6 is 12.2 Å². The Hall–Kier alpha value is -3.12. The molecule has 0 saturated carbocycles. The molecule has 3 aromatic carbocycles. The van der Waals surface area contributed by atoms with E-state index < -0.39 is 0 Å². The second kappa shape index (κ2) is 9.00. The van der Waals surface area contributed by atoms with Gasteiger partial charge in [-0.25, -0.2) is 0 Å². The molecule has 27 heavy (non-hydrogen) atoms. The van der Waals surface area contributed by atoms with E-state index in [4.69, 9.17) is 21.7 Å². The minimum atomic E-state index is -0.327. The molecule has 0 aromatic heterocycles. The fourth-order valence-corrected chi connectivity index (χ4v) is 2.82. The van der Waals surface area contributed by atoms with Crippen molar-refractivity contribution in [3.63, 3.8) is 0 Å². The Morgan fingerprint density at radius 3 is 2.48 bits per heavy atom. The summed E-state index contributed by atoms with van der Waals surface area (Å²) in [6, 6.07) is 20.9. The van der Waals surface area contributed by atoms with Gasteiger partial charge in [-0.1, -0.05) is 36.4 Å². The number of hydrogen-bond donors (Lipinski definition) is 2. The van der Waals surface area contributed by atoms with Gasteiger partial charge in [0.2, 0.25) is 0 Å². The van der Waals surface area contributed by atoms with Crippen LogP contribution in [0.5, 0.6) is 11.5 Å². The predicted molar refractivity (Wildman–Crippen MR) is 111 cm³/mol. The predicted octanol–water partition coefficient (Wildman–Crippen LogP) is 4.13. The van der Waals surface area contributed by atoms with Crippen LogP contribution < -0.4 is 20.1 Å². The second-order valence-electron chi connectivity index (χ2n) is 5.73. The van der Waals surface area contributed by atoms with Gasteiger partial charge < -0.3 is 14.8 Å². The van der Waals surface area contributed by atoms with E-state index in [9.17, 15) is 4.79 Å². The van der Waals surface area contributed by atoms with Gasteiger partial charge in [-0.15, -0.1) is 0 Å². The maximum atomic E-state index is 12.1. The van der Waals surface area contributed by atoms with Crippen LogP contribution in [0.2, 0.25) is 0 Å². The third-order valence-corrected chi connectivity index (χ3v) is 3.99. The molecule has 5 nitrogen and oxygen atoms in total. The number of thiocarbonyl (C=S) groups is 1. The molecule has 0 spiro atoms. The van der Waals surface area contributed by atoms with E-state index in [0.717, 1.165) is 22.2 Å². The van der Waals surface area contributed by atoms with Crippen LogP contribution in [0.15, 0.2) is 66.7 Å². The molecule has 0 saturated heterocycles. The summed E-state index contributed by atoms with van der Waals surface area (Å²) < 4.78 is 11.0. The van der Waals surface area contributed by atoms with E-state index in [1.54, 1.807) is 0 Å². The smallest absolute Gasteiger partial charge is 0.264 e. The van der Waals surface area contributed by atoms with E-state index in [1.165, 1.54) is 0 Å². The molecule has 2 N–H and O–H groups in total. The minimum Gasteiger partial charge on any atom is -0.494 e. The molecular weight excluding hydrogens is 360 g/mol. The highest BCUT2D eigenvalue weighted by Crippen LogP contribution is 2.24. The highest BCUT2D eigenvalue weighted by atomic mass is 32.1. The Balaban J connectivity index is 1.52. The number of amides is 1. The fraction of sp³-hybridized carbons (Fsp3) is 0.143. The zero-order valence-electron chi connectivity index (χ0n) is 14.9. The van der Waals surface area contributed by atoms with Crippen molar-refractivity contribution in [2.24, 2.45) is 0 Å². The lowest BCUT2D eigenvalue weighted by atomic mass is 10.1. The Morgan fingerprint density at radius 1 is 0.963 bits per heavy atom. The van der Waals surface area contributed by atoms with Crippen LogP contribution in [0, 0.1) is 0 Å². The number of nitrogens with one attached hydrogen (secondary N) is 2. The first-order valence-corrected chi connectivity index (χ1v) is 9.01. The molecule has 0 bridgehead atoms. The van der Waals surface area contributed by atoms with Crippen molar-refractivity contribution in [1.29, 1.82) is 0 Å². The summed E-state index contributed by atoms with van der Waals surface area (Å²) in [6.07, 6.45) is 0. The number of ether oxygens (including phenoxy) is 2. The molecule has 0 atom stereocenters. The van der Waals surface area contributed by atoms with Crippen molar-refractivity contribution in [2.45, 2.75) is 6.92 Å². The van der Waals surface area contributed by atoms with Gasteiger partial charge in [0.1, 0.15) is 11.5 Å². The van der Waals surface area contributed by atoms with Crippen molar-refractivity contribution in [1.82, 2.24) is 5.32 Å². The van der Waals surface area contributed by atoms with Crippen molar-refractivity contribution in [3.8, 4) is 11.5 Å². The quantitative estimate of drug-likeness (QED) is 0.630. The second-order valence-corrected chi connectivity index (χ2v) is 6.13. The van der Waals surface area contributed by atoms with Gasteiger partial charge in [0, 0.05) is 11.1 Å². The molecule has 0 unspecified atom stereocenters. The third-order valence-electron chi connectivity index (χ3n) is 3.78. The summed E-state index contributed by atoms with van der Waals surface area (Å²) in [7, 11) is 0. The summed E-state index contributed by atoms with van der Waals surface area (Å²) in [6.45, 7) is 2.41. The maximum absolute atomic E-state index is 12.1. The van der Waals surface area contributed by atoms with Crippen LogP contribution in [0.1, 0.15) is 6.92 Å². The largest absolute Gasteiger partial charge is 0.494 e. The third kappa shape index (κ3) is 5.18. The zero-order valence-corrected chi connectivity index (χ0v) is 15.7. The molecule has 0 radical (unpaired) electrons. The summed E-state index contributed by atoms with van der Waals surface area (Å²) >= 11 is 5.17. The first-order valence-electron chi connectivity index (χ1n) is 8.60. The topological polar surface area (TPSA) is 59.6 Å². The van der Waals surface area contributed by atoms with Gasteiger partial charge in [-0.3, -0.25) is 10.1 Å². The van der Waals surface area contributed by atoms with Crippen molar-refractivity contribution in [2.75, 3.05) is 18.5 Å². The number of carbonyl (C=O) groups is 1. The number of rotatable bonds is 6. The fourth-order valence-electron chi connectivity index (χ4n) is 2.59. The van der Waals surface area contributed by atoms with E-state index in [0.29, 0.717) is 12.4 Å². The summed E-state index contributed by atoms with van der Waals surface area (Å²) in [5.74, 6) is 1.11. The highest BCUT2D eigenvalue weighted by Gasteiger charge is 2.08. The summed E-state index contributed by atoms with van der Waals surface area (Å²) in [5, 5.41) is 7.80. The van der Waals surface area contributed by atoms with Crippen molar-refractivity contribution in [3.05, 3.63) is 66.7 Å². The van der Waals surface area contributed by atoms with Gasteiger partial charge in [0.15, 0.2) is 11.7 Å². The SMILES string of the molecule is CCOc1ccc(NC(=S)NC(=O)COc2cccc3ccccc23)cc1. The molecule has 6 heteroatoms. The molecule has 0 aliphatic carbocycles. The monoisotopic (exact) mass is 380 g/mol. The maximum Gasteiger partial charge on any atom is 0.264 e. The van der Waals surface area contributed by atoms with Crippen LogP contribution in [-0.2, 0) is 4.79 Å². The number of benzene rings is 3. The molecule has 1 amide bonds. The number of hydrogen-bond acceptors (Lipinski definition) is 4. The lowest BCUT2D eigenvalue weighted by Gasteiger charge is -2.12. The molecule has 0 heterocycles. The Morgan fingerprint density at radius 2 is 1.70 bits per heavy atom. The normalized spacial score (nSPS) is 10.3. The average molecular weight is 380 g/mol. The molecule has 0 aliphatic rings. The molecule has 0 aliphatic heterocycles. The van der Waals surface area contributed by atoms with Crippen LogP contribution in [0.25, 0.3) is 10.8 Å². The van der Waals surface area contributed by atoms with E-state index in [2.05, 4.69) is 10.6 Å². The first-order chi connectivity index (χ1) is 13.2. The van der Waals surface area contributed by atoms with Gasteiger partial charge in [0.25, 0.3) is 5.91 Å². The Labute approximate surface area is 163 Å². The van der Waals surface area contributed by atoms with Gasteiger partial charge >= 0.3 is 0 Å². The number of carbonyl (C=O) groups excluding carboxylic acids is 1. The van der Waals surface area contributed by atoms with Crippen molar-refractivity contribution < 1.29 is 14.3 Å².